The number of carbonyl (C=O) groups excluding carboxylic acids is 2. The number of rotatable bonds is 6. The number of thiophene rings is 1. The summed E-state index contributed by atoms with van der Waals surface area (Å²) >= 11 is 1.44. The molecule has 0 aliphatic rings. The highest BCUT2D eigenvalue weighted by Gasteiger charge is 2.12. The van der Waals surface area contributed by atoms with Crippen LogP contribution in [0.15, 0.2) is 35.7 Å². The van der Waals surface area contributed by atoms with Crippen molar-refractivity contribution in [2.75, 3.05) is 11.9 Å². The molecular weight excluding hydrogens is 320 g/mol. The van der Waals surface area contributed by atoms with Crippen LogP contribution in [-0.2, 0) is 20.7 Å². The SMILES string of the molecule is Cc1cc([N+](=O)[O-])ccc1NC(=O)COC(=O)Cc1cccs1. The summed E-state index contributed by atoms with van der Waals surface area (Å²) in [5, 5.41) is 15.1. The first kappa shape index (κ1) is 16.6. The molecule has 8 heteroatoms. The van der Waals surface area contributed by atoms with Crippen LogP contribution in [0.3, 0.4) is 0 Å². The molecule has 1 N–H and O–H groups in total. The average Bonchev–Trinajstić information content (AvgIpc) is 3.00. The summed E-state index contributed by atoms with van der Waals surface area (Å²) in [7, 11) is 0. The zero-order valence-corrected chi connectivity index (χ0v) is 13.1. The van der Waals surface area contributed by atoms with E-state index >= 15 is 0 Å². The number of aryl methyl sites for hydroxylation is 1. The van der Waals surface area contributed by atoms with Crippen LogP contribution in [0.1, 0.15) is 10.4 Å². The van der Waals surface area contributed by atoms with Gasteiger partial charge in [-0.05, 0) is 30.0 Å². The van der Waals surface area contributed by atoms with Crippen LogP contribution in [0.25, 0.3) is 0 Å². The molecule has 0 aliphatic carbocycles. The quantitative estimate of drug-likeness (QED) is 0.497. The Morgan fingerprint density at radius 3 is 2.74 bits per heavy atom. The van der Waals surface area contributed by atoms with Gasteiger partial charge in [0, 0.05) is 22.7 Å². The number of anilines is 1. The second kappa shape index (κ2) is 7.50. The summed E-state index contributed by atoms with van der Waals surface area (Å²) in [4.78, 5) is 34.4. The number of ether oxygens (including phenoxy) is 1. The molecule has 0 fully saturated rings. The van der Waals surface area contributed by atoms with E-state index in [1.54, 1.807) is 6.92 Å². The summed E-state index contributed by atoms with van der Waals surface area (Å²) in [6, 6.07) is 7.74. The van der Waals surface area contributed by atoms with E-state index in [9.17, 15) is 19.7 Å². The van der Waals surface area contributed by atoms with Crippen LogP contribution in [0, 0.1) is 17.0 Å². The van der Waals surface area contributed by atoms with Crippen molar-refractivity contribution >= 4 is 34.6 Å². The molecule has 2 rings (SSSR count). The molecule has 1 amide bonds. The van der Waals surface area contributed by atoms with Crippen molar-refractivity contribution in [2.45, 2.75) is 13.3 Å². The fourth-order valence-electron chi connectivity index (χ4n) is 1.84. The predicted molar refractivity (Wildman–Crippen MR) is 85.4 cm³/mol. The number of esters is 1. The van der Waals surface area contributed by atoms with Crippen LogP contribution in [0.5, 0.6) is 0 Å². The number of nitro groups is 1. The smallest absolute Gasteiger partial charge is 0.311 e. The maximum Gasteiger partial charge on any atom is 0.311 e. The standard InChI is InChI=1S/C15H14N2O5S/c1-10-7-11(17(20)21)4-5-13(10)16-14(18)9-22-15(19)8-12-3-2-6-23-12/h2-7H,8-9H2,1H3,(H,16,18). The Morgan fingerprint density at radius 2 is 2.13 bits per heavy atom. The highest BCUT2D eigenvalue weighted by atomic mass is 32.1. The third-order valence-corrected chi connectivity index (χ3v) is 3.83. The second-order valence-electron chi connectivity index (χ2n) is 4.72. The fourth-order valence-corrected chi connectivity index (χ4v) is 2.53. The minimum atomic E-state index is -0.509. The minimum absolute atomic E-state index is 0.0529. The first-order valence-corrected chi connectivity index (χ1v) is 7.56. The van der Waals surface area contributed by atoms with Crippen molar-refractivity contribution in [1.29, 1.82) is 0 Å². The zero-order valence-electron chi connectivity index (χ0n) is 12.3. The molecule has 2 aromatic rings. The van der Waals surface area contributed by atoms with Gasteiger partial charge in [-0.1, -0.05) is 6.07 Å². The van der Waals surface area contributed by atoms with Crippen LogP contribution in [0.4, 0.5) is 11.4 Å². The van der Waals surface area contributed by atoms with Gasteiger partial charge in [0.15, 0.2) is 6.61 Å². The number of hydrogen-bond donors (Lipinski definition) is 1. The average molecular weight is 334 g/mol. The first-order chi connectivity index (χ1) is 11.0. The Kier molecular flexibility index (Phi) is 5.42. The Bertz CT molecular complexity index is 727. The summed E-state index contributed by atoms with van der Waals surface area (Å²) in [6.07, 6.45) is 0.126. The normalized spacial score (nSPS) is 10.1. The van der Waals surface area contributed by atoms with Gasteiger partial charge in [-0.2, -0.15) is 0 Å². The van der Waals surface area contributed by atoms with E-state index in [0.29, 0.717) is 11.3 Å². The summed E-state index contributed by atoms with van der Waals surface area (Å²) in [5.74, 6) is -0.982. The van der Waals surface area contributed by atoms with Gasteiger partial charge in [-0.15, -0.1) is 11.3 Å². The number of nitro benzene ring substituents is 1. The lowest BCUT2D eigenvalue weighted by Gasteiger charge is -2.08. The molecule has 0 unspecified atom stereocenters. The number of hydrogen-bond acceptors (Lipinski definition) is 6. The highest BCUT2D eigenvalue weighted by Crippen LogP contribution is 2.21. The summed E-state index contributed by atoms with van der Waals surface area (Å²) in [5.41, 5.74) is 0.940. The van der Waals surface area contributed by atoms with E-state index < -0.39 is 23.4 Å². The molecule has 1 aromatic carbocycles. The molecule has 0 aliphatic heterocycles. The second-order valence-corrected chi connectivity index (χ2v) is 5.75. The number of non-ortho nitro benzene ring substituents is 1. The number of amides is 1. The lowest BCUT2D eigenvalue weighted by Crippen LogP contribution is -2.21. The maximum atomic E-state index is 11.8. The van der Waals surface area contributed by atoms with Gasteiger partial charge in [-0.25, -0.2) is 0 Å². The van der Waals surface area contributed by atoms with Gasteiger partial charge in [0.2, 0.25) is 0 Å². The molecule has 1 heterocycles. The molecule has 0 spiro atoms. The molecule has 0 saturated carbocycles. The number of carbonyl (C=O) groups is 2. The maximum absolute atomic E-state index is 11.8. The van der Waals surface area contributed by atoms with Crippen molar-refractivity contribution in [2.24, 2.45) is 0 Å². The molecular formula is C15H14N2O5S. The van der Waals surface area contributed by atoms with Crippen molar-refractivity contribution in [3.8, 4) is 0 Å². The number of nitrogens with one attached hydrogen (secondary N) is 1. The Hall–Kier alpha value is -2.74. The lowest BCUT2D eigenvalue weighted by molar-refractivity contribution is -0.384. The molecule has 0 atom stereocenters. The Labute approximate surface area is 136 Å². The van der Waals surface area contributed by atoms with Crippen molar-refractivity contribution < 1.29 is 19.2 Å². The molecule has 7 nitrogen and oxygen atoms in total. The molecule has 120 valence electrons. The third kappa shape index (κ3) is 4.89. The Balaban J connectivity index is 1.85. The van der Waals surface area contributed by atoms with Crippen molar-refractivity contribution in [3.05, 3.63) is 56.3 Å². The van der Waals surface area contributed by atoms with Gasteiger partial charge >= 0.3 is 5.97 Å². The van der Waals surface area contributed by atoms with E-state index in [-0.39, 0.29) is 12.1 Å². The zero-order chi connectivity index (χ0) is 16.8. The molecule has 23 heavy (non-hydrogen) atoms. The molecule has 0 radical (unpaired) electrons. The lowest BCUT2D eigenvalue weighted by atomic mass is 10.2. The van der Waals surface area contributed by atoms with Gasteiger partial charge in [0.1, 0.15) is 0 Å². The first-order valence-electron chi connectivity index (χ1n) is 6.68. The topological polar surface area (TPSA) is 98.5 Å². The van der Waals surface area contributed by atoms with Crippen molar-refractivity contribution in [3.63, 3.8) is 0 Å². The molecule has 0 saturated heterocycles. The predicted octanol–water partition coefficient (Wildman–Crippen LogP) is 2.69. The summed E-state index contributed by atoms with van der Waals surface area (Å²) < 4.78 is 4.90. The van der Waals surface area contributed by atoms with Crippen LogP contribution in [0.2, 0.25) is 0 Å². The van der Waals surface area contributed by atoms with Gasteiger partial charge < -0.3 is 10.1 Å². The minimum Gasteiger partial charge on any atom is -0.455 e. The number of nitrogens with zero attached hydrogens (tertiary/aromatic N) is 1. The van der Waals surface area contributed by atoms with Crippen LogP contribution < -0.4 is 5.32 Å². The number of benzene rings is 1. The van der Waals surface area contributed by atoms with Gasteiger partial charge in [0.05, 0.1) is 11.3 Å². The van der Waals surface area contributed by atoms with Crippen LogP contribution >= 0.6 is 11.3 Å². The summed E-state index contributed by atoms with van der Waals surface area (Å²) in [6.45, 7) is 1.24. The van der Waals surface area contributed by atoms with E-state index in [1.165, 1.54) is 29.5 Å². The van der Waals surface area contributed by atoms with Crippen LogP contribution in [-0.4, -0.2) is 23.4 Å². The van der Waals surface area contributed by atoms with Gasteiger partial charge in [-0.3, -0.25) is 19.7 Å². The van der Waals surface area contributed by atoms with E-state index in [2.05, 4.69) is 5.32 Å². The molecule has 0 bridgehead atoms. The van der Waals surface area contributed by atoms with E-state index in [4.69, 9.17) is 4.74 Å². The van der Waals surface area contributed by atoms with E-state index in [0.717, 1.165) is 4.88 Å². The Morgan fingerprint density at radius 1 is 1.35 bits per heavy atom. The largest absolute Gasteiger partial charge is 0.455 e. The van der Waals surface area contributed by atoms with Gasteiger partial charge in [0.25, 0.3) is 11.6 Å². The van der Waals surface area contributed by atoms with E-state index in [1.807, 2.05) is 17.5 Å². The molecule has 1 aromatic heterocycles. The van der Waals surface area contributed by atoms with Crippen molar-refractivity contribution in [1.82, 2.24) is 0 Å². The fraction of sp³-hybridized carbons (Fsp3) is 0.200. The third-order valence-electron chi connectivity index (χ3n) is 2.96. The highest BCUT2D eigenvalue weighted by molar-refractivity contribution is 7.10. The monoisotopic (exact) mass is 334 g/mol.